The van der Waals surface area contributed by atoms with Crippen molar-refractivity contribution in [2.24, 2.45) is 23.7 Å². The highest BCUT2D eigenvalue weighted by molar-refractivity contribution is 5.96. The van der Waals surface area contributed by atoms with Crippen LogP contribution in [0, 0.1) is 23.7 Å². The van der Waals surface area contributed by atoms with Crippen molar-refractivity contribution in [2.75, 3.05) is 13.7 Å². The van der Waals surface area contributed by atoms with Crippen molar-refractivity contribution in [3.8, 4) is 11.5 Å². The van der Waals surface area contributed by atoms with Crippen LogP contribution in [-0.4, -0.2) is 25.5 Å². The first-order chi connectivity index (χ1) is 13.5. The maximum Gasteiger partial charge on any atom is 0.269 e. The molecule has 0 radical (unpaired) electrons. The molecule has 2 aliphatic carbocycles. The van der Waals surface area contributed by atoms with Crippen LogP contribution in [0.5, 0.6) is 11.5 Å². The molecule has 2 amide bonds. The standard InChI is InChI=1S/C22H32N2O4/c1-14(2)8-9-28-19-7-6-17(12-20(19)27-3)22(26)24-23-21(25)13-18-11-15-4-5-16(18)10-15/h6-7,12,14-16,18H,4-5,8-11,13H2,1-3H3,(H,23,25)(H,24,26)/t15-,16-,18+/m1/s1. The van der Waals surface area contributed by atoms with Crippen molar-refractivity contribution in [3.63, 3.8) is 0 Å². The fourth-order valence-corrected chi connectivity index (χ4v) is 4.45. The molecule has 2 saturated carbocycles. The summed E-state index contributed by atoms with van der Waals surface area (Å²) < 4.78 is 11.1. The molecular formula is C22H32N2O4. The van der Waals surface area contributed by atoms with Gasteiger partial charge in [-0.15, -0.1) is 0 Å². The zero-order valence-corrected chi connectivity index (χ0v) is 17.1. The molecule has 0 unspecified atom stereocenters. The Kier molecular flexibility index (Phi) is 6.81. The van der Waals surface area contributed by atoms with Crippen LogP contribution in [0.1, 0.15) is 62.7 Å². The molecule has 1 aromatic carbocycles. The highest BCUT2D eigenvalue weighted by Crippen LogP contribution is 2.49. The van der Waals surface area contributed by atoms with E-state index in [1.165, 1.54) is 19.3 Å². The summed E-state index contributed by atoms with van der Waals surface area (Å²) >= 11 is 0. The molecule has 3 rings (SSSR count). The summed E-state index contributed by atoms with van der Waals surface area (Å²) in [5, 5.41) is 0. The Morgan fingerprint density at radius 3 is 2.61 bits per heavy atom. The number of benzene rings is 1. The van der Waals surface area contributed by atoms with Crippen LogP contribution in [0.25, 0.3) is 0 Å². The summed E-state index contributed by atoms with van der Waals surface area (Å²) in [7, 11) is 1.55. The summed E-state index contributed by atoms with van der Waals surface area (Å²) in [6, 6.07) is 5.03. The van der Waals surface area contributed by atoms with Crippen molar-refractivity contribution in [3.05, 3.63) is 23.8 Å². The van der Waals surface area contributed by atoms with Crippen LogP contribution in [0.3, 0.4) is 0 Å². The Labute approximate surface area is 167 Å². The van der Waals surface area contributed by atoms with E-state index in [0.29, 0.717) is 47.8 Å². The predicted octanol–water partition coefficient (Wildman–Crippen LogP) is 3.71. The predicted molar refractivity (Wildman–Crippen MR) is 107 cm³/mol. The van der Waals surface area contributed by atoms with E-state index < -0.39 is 0 Å². The summed E-state index contributed by atoms with van der Waals surface area (Å²) in [6.45, 7) is 4.87. The molecule has 2 bridgehead atoms. The van der Waals surface area contributed by atoms with Crippen molar-refractivity contribution < 1.29 is 19.1 Å². The monoisotopic (exact) mass is 388 g/mol. The van der Waals surface area contributed by atoms with Gasteiger partial charge in [0.25, 0.3) is 5.91 Å². The van der Waals surface area contributed by atoms with Crippen LogP contribution in [0.15, 0.2) is 18.2 Å². The van der Waals surface area contributed by atoms with Gasteiger partial charge in [0.1, 0.15) is 0 Å². The molecular weight excluding hydrogens is 356 g/mol. The molecule has 154 valence electrons. The van der Waals surface area contributed by atoms with Crippen molar-refractivity contribution in [1.29, 1.82) is 0 Å². The van der Waals surface area contributed by atoms with E-state index in [0.717, 1.165) is 18.8 Å². The maximum absolute atomic E-state index is 12.4. The zero-order chi connectivity index (χ0) is 20.1. The number of carbonyl (C=O) groups excluding carboxylic acids is 2. The second-order valence-electron chi connectivity index (χ2n) is 8.54. The van der Waals surface area contributed by atoms with Crippen LogP contribution in [-0.2, 0) is 4.79 Å². The number of carbonyl (C=O) groups is 2. The lowest BCUT2D eigenvalue weighted by atomic mass is 9.86. The molecule has 2 aliphatic rings. The number of rotatable bonds is 8. The third-order valence-corrected chi connectivity index (χ3v) is 6.03. The number of hydrogen-bond acceptors (Lipinski definition) is 4. The number of fused-ring (bicyclic) bond motifs is 2. The lowest BCUT2D eigenvalue weighted by molar-refractivity contribution is -0.123. The molecule has 6 nitrogen and oxygen atoms in total. The first kappa shape index (κ1) is 20.5. The largest absolute Gasteiger partial charge is 0.493 e. The molecule has 2 N–H and O–H groups in total. The van der Waals surface area contributed by atoms with Gasteiger partial charge in [-0.2, -0.15) is 0 Å². The minimum absolute atomic E-state index is 0.119. The zero-order valence-electron chi connectivity index (χ0n) is 17.1. The Hall–Kier alpha value is -2.24. The van der Waals surface area contributed by atoms with E-state index in [2.05, 4.69) is 24.7 Å². The van der Waals surface area contributed by atoms with Gasteiger partial charge in [0, 0.05) is 12.0 Å². The normalized spacial score (nSPS) is 22.9. The number of ether oxygens (including phenoxy) is 2. The van der Waals surface area contributed by atoms with Gasteiger partial charge in [0.2, 0.25) is 5.91 Å². The van der Waals surface area contributed by atoms with Gasteiger partial charge in [0.05, 0.1) is 13.7 Å². The average molecular weight is 389 g/mol. The Balaban J connectivity index is 1.48. The smallest absolute Gasteiger partial charge is 0.269 e. The van der Waals surface area contributed by atoms with E-state index in [-0.39, 0.29) is 11.8 Å². The molecule has 3 atom stereocenters. The maximum atomic E-state index is 12.4. The quantitative estimate of drug-likeness (QED) is 0.666. The van der Waals surface area contributed by atoms with E-state index in [4.69, 9.17) is 9.47 Å². The molecule has 2 fully saturated rings. The van der Waals surface area contributed by atoms with E-state index in [1.807, 2.05) is 0 Å². The SMILES string of the molecule is COc1cc(C(=O)NNC(=O)C[C@@H]2C[C@@H]3CC[C@@H]2C3)ccc1OCCC(C)C. The molecule has 28 heavy (non-hydrogen) atoms. The van der Waals surface area contributed by atoms with E-state index in [9.17, 15) is 9.59 Å². The van der Waals surface area contributed by atoms with Gasteiger partial charge in [-0.05, 0) is 67.6 Å². The first-order valence-electron chi connectivity index (χ1n) is 10.4. The summed E-state index contributed by atoms with van der Waals surface area (Å²) in [5.41, 5.74) is 5.48. The topological polar surface area (TPSA) is 76.7 Å². The molecule has 1 aromatic rings. The third-order valence-electron chi connectivity index (χ3n) is 6.03. The van der Waals surface area contributed by atoms with Crippen molar-refractivity contribution >= 4 is 11.8 Å². The fraction of sp³-hybridized carbons (Fsp3) is 0.636. The number of methoxy groups -OCH3 is 1. The Morgan fingerprint density at radius 2 is 1.96 bits per heavy atom. The number of hydrogen-bond donors (Lipinski definition) is 2. The van der Waals surface area contributed by atoms with E-state index in [1.54, 1.807) is 25.3 Å². The average Bonchev–Trinajstić information content (AvgIpc) is 3.29. The lowest BCUT2D eigenvalue weighted by Crippen LogP contribution is -2.42. The molecule has 0 aliphatic heterocycles. The van der Waals surface area contributed by atoms with Gasteiger partial charge >= 0.3 is 0 Å². The summed E-state index contributed by atoms with van der Waals surface area (Å²) in [5.74, 6) is 3.16. The van der Waals surface area contributed by atoms with Crippen LogP contribution in [0.4, 0.5) is 0 Å². The van der Waals surface area contributed by atoms with Gasteiger partial charge in [0.15, 0.2) is 11.5 Å². The second-order valence-corrected chi connectivity index (χ2v) is 8.54. The minimum Gasteiger partial charge on any atom is -0.493 e. The lowest BCUT2D eigenvalue weighted by Gasteiger charge is -2.21. The van der Waals surface area contributed by atoms with Gasteiger partial charge in [-0.3, -0.25) is 20.4 Å². The van der Waals surface area contributed by atoms with Crippen LogP contribution < -0.4 is 20.3 Å². The number of hydrazine groups is 1. The molecule has 0 spiro atoms. The van der Waals surface area contributed by atoms with Gasteiger partial charge < -0.3 is 9.47 Å². The second kappa shape index (κ2) is 9.30. The first-order valence-corrected chi connectivity index (χ1v) is 10.4. The van der Waals surface area contributed by atoms with Crippen LogP contribution in [0.2, 0.25) is 0 Å². The highest BCUT2D eigenvalue weighted by Gasteiger charge is 2.40. The van der Waals surface area contributed by atoms with Crippen LogP contribution >= 0.6 is 0 Å². The van der Waals surface area contributed by atoms with E-state index >= 15 is 0 Å². The Morgan fingerprint density at radius 1 is 1.14 bits per heavy atom. The molecule has 0 saturated heterocycles. The summed E-state index contributed by atoms with van der Waals surface area (Å²) in [4.78, 5) is 24.6. The minimum atomic E-state index is -0.367. The highest BCUT2D eigenvalue weighted by atomic mass is 16.5. The fourth-order valence-electron chi connectivity index (χ4n) is 4.45. The van der Waals surface area contributed by atoms with Crippen molar-refractivity contribution in [1.82, 2.24) is 10.9 Å². The number of amides is 2. The Bertz CT molecular complexity index is 704. The van der Waals surface area contributed by atoms with Crippen molar-refractivity contribution in [2.45, 2.75) is 52.4 Å². The molecule has 6 heteroatoms. The third kappa shape index (κ3) is 5.18. The molecule has 0 heterocycles. The van der Waals surface area contributed by atoms with Gasteiger partial charge in [-0.25, -0.2) is 0 Å². The van der Waals surface area contributed by atoms with Gasteiger partial charge in [-0.1, -0.05) is 20.3 Å². The summed E-state index contributed by atoms with van der Waals surface area (Å²) in [6.07, 6.45) is 6.43. The number of nitrogens with one attached hydrogen (secondary N) is 2. The molecule has 0 aromatic heterocycles.